The molecule has 1 N–H and O–H groups in total. The Kier molecular flexibility index (Phi) is 7.22. The Morgan fingerprint density at radius 3 is 2.74 bits per heavy atom. The summed E-state index contributed by atoms with van der Waals surface area (Å²) in [7, 11) is 1.44. The van der Waals surface area contributed by atoms with Gasteiger partial charge in [-0.3, -0.25) is 9.78 Å². The van der Waals surface area contributed by atoms with Crippen LogP contribution in [0.1, 0.15) is 35.3 Å². The highest BCUT2D eigenvalue weighted by Gasteiger charge is 2.20. The van der Waals surface area contributed by atoms with E-state index in [-0.39, 0.29) is 22.8 Å². The van der Waals surface area contributed by atoms with Gasteiger partial charge in [0, 0.05) is 37.2 Å². The van der Waals surface area contributed by atoms with Gasteiger partial charge in [0.1, 0.15) is 17.3 Å². The lowest BCUT2D eigenvalue weighted by Gasteiger charge is -2.31. The van der Waals surface area contributed by atoms with Crippen LogP contribution in [0.3, 0.4) is 0 Å². The molecule has 0 atom stereocenters. The van der Waals surface area contributed by atoms with Crippen LogP contribution in [0.2, 0.25) is 0 Å². The van der Waals surface area contributed by atoms with Gasteiger partial charge in [-0.1, -0.05) is 12.1 Å². The quantitative estimate of drug-likeness (QED) is 0.368. The van der Waals surface area contributed by atoms with Gasteiger partial charge in [-0.15, -0.1) is 0 Å². The van der Waals surface area contributed by atoms with Crippen molar-refractivity contribution in [1.29, 1.82) is 5.26 Å². The third-order valence-electron chi connectivity index (χ3n) is 6.50. The summed E-state index contributed by atoms with van der Waals surface area (Å²) < 4.78 is 19.9. The molecule has 0 radical (unpaired) electrons. The summed E-state index contributed by atoms with van der Waals surface area (Å²) in [6.45, 7) is 1.71. The number of pyridine rings is 1. The number of carbonyl (C=O) groups is 1. The minimum atomic E-state index is -0.544. The van der Waals surface area contributed by atoms with Crippen molar-refractivity contribution in [3.8, 4) is 34.3 Å². The predicted octanol–water partition coefficient (Wildman–Crippen LogP) is 5.47. The maximum Gasteiger partial charge on any atom is 0.274 e. The number of carbonyl (C=O) groups excluding carboxylic acids is 1. The van der Waals surface area contributed by atoms with Crippen LogP contribution in [-0.4, -0.2) is 41.1 Å². The molecule has 0 unspecified atom stereocenters. The van der Waals surface area contributed by atoms with E-state index in [2.05, 4.69) is 31.2 Å². The number of aromatic nitrogens is 3. The van der Waals surface area contributed by atoms with Crippen LogP contribution in [0.4, 0.5) is 15.8 Å². The number of hydrogen-bond acceptors (Lipinski definition) is 7. The molecule has 1 aliphatic heterocycles. The molecule has 1 saturated heterocycles. The fourth-order valence-electron chi connectivity index (χ4n) is 4.61. The summed E-state index contributed by atoms with van der Waals surface area (Å²) in [4.78, 5) is 28.3. The second-order valence-corrected chi connectivity index (χ2v) is 8.85. The van der Waals surface area contributed by atoms with E-state index >= 15 is 0 Å². The average molecular weight is 509 g/mol. The highest BCUT2D eigenvalue weighted by molar-refractivity contribution is 6.05. The van der Waals surface area contributed by atoms with Gasteiger partial charge in [0.25, 0.3) is 5.91 Å². The standard InChI is InChI=1S/C29H25FN6O2/c1-38-26-7-5-6-22(30)27(26)28-33-13-11-24(34-28)29(37)35-23-9-8-19(21-18-32-12-10-20(21)17-31)16-25(23)36-14-3-2-4-15-36/h5-13,16,18H,2-4,14-15H2,1H3,(H,35,37). The first-order valence-electron chi connectivity index (χ1n) is 12.3. The number of anilines is 2. The average Bonchev–Trinajstić information content (AvgIpc) is 2.97. The fraction of sp³-hybridized carbons (Fsp3) is 0.207. The van der Waals surface area contributed by atoms with Gasteiger partial charge in [-0.05, 0) is 61.2 Å². The van der Waals surface area contributed by atoms with E-state index in [0.717, 1.165) is 49.2 Å². The van der Waals surface area contributed by atoms with Crippen molar-refractivity contribution in [2.75, 3.05) is 30.4 Å². The summed E-state index contributed by atoms with van der Waals surface area (Å²) in [5.41, 5.74) is 3.74. The van der Waals surface area contributed by atoms with Gasteiger partial charge in [0.05, 0.1) is 35.7 Å². The van der Waals surface area contributed by atoms with Crippen molar-refractivity contribution in [2.45, 2.75) is 19.3 Å². The van der Waals surface area contributed by atoms with Crippen molar-refractivity contribution >= 4 is 17.3 Å². The van der Waals surface area contributed by atoms with Crippen molar-refractivity contribution in [3.05, 3.63) is 84.2 Å². The lowest BCUT2D eigenvalue weighted by atomic mass is 10.0. The lowest BCUT2D eigenvalue weighted by Crippen LogP contribution is -2.30. The summed E-state index contributed by atoms with van der Waals surface area (Å²) in [6.07, 6.45) is 7.94. The van der Waals surface area contributed by atoms with Crippen LogP contribution in [0.15, 0.2) is 67.1 Å². The van der Waals surface area contributed by atoms with Crippen LogP contribution in [0.25, 0.3) is 22.5 Å². The maximum absolute atomic E-state index is 14.6. The number of nitrogens with one attached hydrogen (secondary N) is 1. The van der Waals surface area contributed by atoms with E-state index in [1.165, 1.54) is 31.5 Å². The Labute approximate surface area is 219 Å². The first kappa shape index (κ1) is 24.8. The zero-order chi connectivity index (χ0) is 26.5. The number of piperidine rings is 1. The summed E-state index contributed by atoms with van der Waals surface area (Å²) in [6, 6.07) is 15.5. The Morgan fingerprint density at radius 2 is 1.95 bits per heavy atom. The highest BCUT2D eigenvalue weighted by atomic mass is 19.1. The predicted molar refractivity (Wildman–Crippen MR) is 142 cm³/mol. The van der Waals surface area contributed by atoms with Crippen molar-refractivity contribution in [1.82, 2.24) is 15.0 Å². The zero-order valence-electron chi connectivity index (χ0n) is 20.8. The van der Waals surface area contributed by atoms with Gasteiger partial charge in [0.2, 0.25) is 0 Å². The molecule has 0 aliphatic carbocycles. The van der Waals surface area contributed by atoms with Crippen molar-refractivity contribution < 1.29 is 13.9 Å². The molecule has 0 saturated carbocycles. The molecule has 1 aliphatic rings. The summed E-state index contributed by atoms with van der Waals surface area (Å²) >= 11 is 0. The number of amides is 1. The molecular weight excluding hydrogens is 483 g/mol. The normalized spacial score (nSPS) is 13.0. The number of methoxy groups -OCH3 is 1. The van der Waals surface area contributed by atoms with E-state index in [0.29, 0.717) is 11.3 Å². The Hall–Kier alpha value is -4.84. The molecule has 1 amide bonds. The SMILES string of the molecule is COc1cccc(F)c1-c1nccc(C(=O)Nc2ccc(-c3cnccc3C#N)cc2N2CCCCC2)n1. The molecule has 1 fully saturated rings. The molecule has 4 aromatic rings. The number of hydrogen-bond donors (Lipinski definition) is 1. The monoisotopic (exact) mass is 508 g/mol. The first-order valence-corrected chi connectivity index (χ1v) is 12.3. The molecule has 9 heteroatoms. The van der Waals surface area contributed by atoms with Crippen LogP contribution in [0, 0.1) is 17.1 Å². The van der Waals surface area contributed by atoms with E-state index in [4.69, 9.17) is 4.74 Å². The second kappa shape index (κ2) is 11.0. The molecule has 0 bridgehead atoms. The molecule has 190 valence electrons. The molecule has 2 aromatic heterocycles. The zero-order valence-corrected chi connectivity index (χ0v) is 20.8. The van der Waals surface area contributed by atoms with Crippen LogP contribution in [0.5, 0.6) is 5.75 Å². The molecular formula is C29H25FN6O2. The Balaban J connectivity index is 1.50. The highest BCUT2D eigenvalue weighted by Crippen LogP contribution is 2.35. The van der Waals surface area contributed by atoms with E-state index in [1.807, 2.05) is 18.2 Å². The van der Waals surface area contributed by atoms with Gasteiger partial charge < -0.3 is 15.0 Å². The number of halogens is 1. The van der Waals surface area contributed by atoms with Crippen molar-refractivity contribution in [3.63, 3.8) is 0 Å². The fourth-order valence-corrected chi connectivity index (χ4v) is 4.61. The Bertz CT molecular complexity index is 1530. The van der Waals surface area contributed by atoms with Crippen LogP contribution >= 0.6 is 0 Å². The molecule has 5 rings (SSSR count). The van der Waals surface area contributed by atoms with E-state index in [1.54, 1.807) is 24.5 Å². The molecule has 3 heterocycles. The van der Waals surface area contributed by atoms with Gasteiger partial charge in [-0.25, -0.2) is 14.4 Å². The maximum atomic E-state index is 14.6. The second-order valence-electron chi connectivity index (χ2n) is 8.85. The van der Waals surface area contributed by atoms with Crippen LogP contribution in [-0.2, 0) is 0 Å². The van der Waals surface area contributed by atoms with Gasteiger partial charge in [0.15, 0.2) is 5.82 Å². The minimum absolute atomic E-state index is 0.0554. The molecule has 2 aromatic carbocycles. The third-order valence-corrected chi connectivity index (χ3v) is 6.50. The smallest absolute Gasteiger partial charge is 0.274 e. The summed E-state index contributed by atoms with van der Waals surface area (Å²) in [5.74, 6) is -0.663. The number of nitrogens with zero attached hydrogens (tertiary/aromatic N) is 5. The van der Waals surface area contributed by atoms with Gasteiger partial charge in [-0.2, -0.15) is 5.26 Å². The summed E-state index contributed by atoms with van der Waals surface area (Å²) in [5, 5.41) is 12.5. The lowest BCUT2D eigenvalue weighted by molar-refractivity contribution is 0.102. The van der Waals surface area contributed by atoms with Gasteiger partial charge >= 0.3 is 0 Å². The van der Waals surface area contributed by atoms with Crippen LogP contribution < -0.4 is 15.0 Å². The topological polar surface area (TPSA) is 104 Å². The molecule has 0 spiro atoms. The number of rotatable bonds is 6. The Morgan fingerprint density at radius 1 is 1.11 bits per heavy atom. The number of ether oxygens (including phenoxy) is 1. The van der Waals surface area contributed by atoms with E-state index in [9.17, 15) is 14.4 Å². The number of nitriles is 1. The minimum Gasteiger partial charge on any atom is -0.496 e. The largest absolute Gasteiger partial charge is 0.496 e. The number of benzene rings is 2. The first-order chi connectivity index (χ1) is 18.6. The molecule has 38 heavy (non-hydrogen) atoms. The molecule has 8 nitrogen and oxygen atoms in total. The van der Waals surface area contributed by atoms with Crippen molar-refractivity contribution in [2.24, 2.45) is 0 Å². The van der Waals surface area contributed by atoms with E-state index < -0.39 is 11.7 Å². The third kappa shape index (κ3) is 5.02.